The molecule has 130 valence electrons. The van der Waals surface area contributed by atoms with Crippen LogP contribution >= 0.6 is 11.3 Å². The number of benzene rings is 1. The zero-order valence-electron chi connectivity index (χ0n) is 14.6. The van der Waals surface area contributed by atoms with E-state index in [2.05, 4.69) is 21.0 Å². The topological polar surface area (TPSA) is 61.9 Å². The Bertz CT molecular complexity index is 880. The SMILES string of the molecule is Cc1nc(C)c(C(=O)N2CCC[C@H](Cc3nc4ccccc4[nH]3)C2)s1. The summed E-state index contributed by atoms with van der Waals surface area (Å²) in [7, 11) is 0. The number of rotatable bonds is 3. The van der Waals surface area contributed by atoms with E-state index >= 15 is 0 Å². The van der Waals surface area contributed by atoms with Crippen LogP contribution in [0, 0.1) is 19.8 Å². The molecule has 0 aliphatic carbocycles. The normalized spacial score (nSPS) is 18.0. The summed E-state index contributed by atoms with van der Waals surface area (Å²) in [5.74, 6) is 1.61. The lowest BCUT2D eigenvalue weighted by Crippen LogP contribution is -2.40. The molecule has 1 aliphatic heterocycles. The van der Waals surface area contributed by atoms with E-state index in [1.54, 1.807) is 0 Å². The van der Waals surface area contributed by atoms with Gasteiger partial charge in [0, 0.05) is 19.5 Å². The average Bonchev–Trinajstić information content (AvgIpc) is 3.16. The standard InChI is InChI=1S/C19H22N4OS/c1-12-18(25-13(2)20-12)19(24)23-9-5-6-14(11-23)10-17-21-15-7-3-4-8-16(15)22-17/h3-4,7-8,14H,5-6,9-11H2,1-2H3,(H,21,22)/t14-/m1/s1. The number of nitrogens with zero attached hydrogens (tertiary/aromatic N) is 3. The molecule has 4 rings (SSSR count). The van der Waals surface area contributed by atoms with Gasteiger partial charge in [-0.25, -0.2) is 9.97 Å². The number of carbonyl (C=O) groups is 1. The third-order valence-corrected chi connectivity index (χ3v) is 5.89. The van der Waals surface area contributed by atoms with E-state index < -0.39 is 0 Å². The quantitative estimate of drug-likeness (QED) is 0.779. The highest BCUT2D eigenvalue weighted by Crippen LogP contribution is 2.25. The fourth-order valence-electron chi connectivity index (χ4n) is 3.67. The second-order valence-electron chi connectivity index (χ2n) is 6.81. The van der Waals surface area contributed by atoms with Crippen LogP contribution in [0.3, 0.4) is 0 Å². The summed E-state index contributed by atoms with van der Waals surface area (Å²) < 4.78 is 0. The van der Waals surface area contributed by atoms with Crippen LogP contribution in [0.4, 0.5) is 0 Å². The number of aryl methyl sites for hydroxylation is 2. The maximum absolute atomic E-state index is 12.8. The molecule has 1 atom stereocenters. The summed E-state index contributed by atoms with van der Waals surface area (Å²) >= 11 is 1.50. The summed E-state index contributed by atoms with van der Waals surface area (Å²) in [4.78, 5) is 28.1. The van der Waals surface area contributed by atoms with Crippen LogP contribution in [0.2, 0.25) is 0 Å². The number of carbonyl (C=O) groups excluding carboxylic acids is 1. The Balaban J connectivity index is 1.47. The number of thiazole rings is 1. The van der Waals surface area contributed by atoms with Gasteiger partial charge in [0.05, 0.1) is 21.7 Å². The zero-order chi connectivity index (χ0) is 17.4. The highest BCUT2D eigenvalue weighted by atomic mass is 32.1. The van der Waals surface area contributed by atoms with Gasteiger partial charge in [0.2, 0.25) is 0 Å². The third-order valence-electron chi connectivity index (χ3n) is 4.82. The van der Waals surface area contributed by atoms with Crippen LogP contribution in [-0.2, 0) is 6.42 Å². The van der Waals surface area contributed by atoms with Crippen LogP contribution in [0.15, 0.2) is 24.3 Å². The van der Waals surface area contributed by atoms with Gasteiger partial charge in [-0.2, -0.15) is 0 Å². The number of hydrogen-bond donors (Lipinski definition) is 1. The Morgan fingerprint density at radius 1 is 1.32 bits per heavy atom. The fourth-order valence-corrected chi connectivity index (χ4v) is 4.55. The number of amides is 1. The second-order valence-corrected chi connectivity index (χ2v) is 8.01. The molecule has 3 aromatic rings. The summed E-state index contributed by atoms with van der Waals surface area (Å²) in [6, 6.07) is 8.11. The molecule has 1 aromatic carbocycles. The van der Waals surface area contributed by atoms with Gasteiger partial charge < -0.3 is 9.88 Å². The number of likely N-dealkylation sites (tertiary alicyclic amines) is 1. The van der Waals surface area contributed by atoms with E-state index in [0.29, 0.717) is 5.92 Å². The molecule has 1 fully saturated rings. The Hall–Kier alpha value is -2.21. The monoisotopic (exact) mass is 354 g/mol. The van der Waals surface area contributed by atoms with Crippen molar-refractivity contribution in [3.05, 3.63) is 45.7 Å². The minimum Gasteiger partial charge on any atom is -0.342 e. The molecule has 0 spiro atoms. The number of imidazole rings is 1. The second kappa shape index (κ2) is 6.59. The molecule has 0 unspecified atom stereocenters. The number of fused-ring (bicyclic) bond motifs is 1. The predicted octanol–water partition coefficient (Wildman–Crippen LogP) is 3.73. The van der Waals surface area contributed by atoms with Gasteiger partial charge in [0.15, 0.2) is 0 Å². The van der Waals surface area contributed by atoms with E-state index in [-0.39, 0.29) is 5.91 Å². The molecular formula is C19H22N4OS. The smallest absolute Gasteiger partial charge is 0.265 e. The van der Waals surface area contributed by atoms with Gasteiger partial charge in [-0.05, 0) is 44.7 Å². The van der Waals surface area contributed by atoms with Gasteiger partial charge in [-0.3, -0.25) is 4.79 Å². The Morgan fingerprint density at radius 2 is 2.16 bits per heavy atom. The number of nitrogens with one attached hydrogen (secondary N) is 1. The molecule has 0 saturated carbocycles. The van der Waals surface area contributed by atoms with Crippen molar-refractivity contribution in [1.29, 1.82) is 0 Å². The van der Waals surface area contributed by atoms with Gasteiger partial charge in [-0.1, -0.05) is 12.1 Å². The molecular weight excluding hydrogens is 332 g/mol. The number of piperidine rings is 1. The lowest BCUT2D eigenvalue weighted by molar-refractivity contribution is 0.0676. The van der Waals surface area contributed by atoms with Crippen LogP contribution in [0.5, 0.6) is 0 Å². The number of H-pyrrole nitrogens is 1. The first-order chi connectivity index (χ1) is 12.1. The van der Waals surface area contributed by atoms with Crippen molar-refractivity contribution in [2.24, 2.45) is 5.92 Å². The molecule has 3 heterocycles. The molecule has 1 N–H and O–H groups in total. The summed E-state index contributed by atoms with van der Waals surface area (Å²) in [5.41, 5.74) is 2.95. The fraction of sp³-hybridized carbons (Fsp3) is 0.421. The van der Waals surface area contributed by atoms with Gasteiger partial charge in [0.25, 0.3) is 5.91 Å². The molecule has 0 radical (unpaired) electrons. The first kappa shape index (κ1) is 16.3. The number of para-hydroxylation sites is 2. The largest absolute Gasteiger partial charge is 0.342 e. The van der Waals surface area contributed by atoms with Crippen LogP contribution < -0.4 is 0 Å². The first-order valence-corrected chi connectivity index (χ1v) is 9.59. The highest BCUT2D eigenvalue weighted by Gasteiger charge is 2.27. The van der Waals surface area contributed by atoms with E-state index in [0.717, 1.165) is 64.8 Å². The lowest BCUT2D eigenvalue weighted by Gasteiger charge is -2.32. The van der Waals surface area contributed by atoms with Crippen molar-refractivity contribution in [3.8, 4) is 0 Å². The van der Waals surface area contributed by atoms with Gasteiger partial charge in [0.1, 0.15) is 10.7 Å². The summed E-state index contributed by atoms with van der Waals surface area (Å²) in [6.07, 6.45) is 3.08. The van der Waals surface area contributed by atoms with Crippen molar-refractivity contribution in [2.75, 3.05) is 13.1 Å². The van der Waals surface area contributed by atoms with Crippen LogP contribution in [-0.4, -0.2) is 38.8 Å². The van der Waals surface area contributed by atoms with Gasteiger partial charge >= 0.3 is 0 Å². The maximum Gasteiger partial charge on any atom is 0.265 e. The molecule has 0 bridgehead atoms. The van der Waals surface area contributed by atoms with E-state index in [4.69, 9.17) is 0 Å². The third kappa shape index (κ3) is 3.31. The maximum atomic E-state index is 12.8. The summed E-state index contributed by atoms with van der Waals surface area (Å²) in [5, 5.41) is 0.955. The Kier molecular flexibility index (Phi) is 4.29. The molecule has 5 nitrogen and oxygen atoms in total. The Labute approximate surface area is 151 Å². The average molecular weight is 354 g/mol. The van der Waals surface area contributed by atoms with E-state index in [1.807, 2.05) is 36.9 Å². The molecule has 2 aromatic heterocycles. The minimum absolute atomic E-state index is 0.136. The van der Waals surface area contributed by atoms with E-state index in [9.17, 15) is 4.79 Å². The lowest BCUT2D eigenvalue weighted by atomic mass is 9.94. The number of aromatic amines is 1. The molecule has 25 heavy (non-hydrogen) atoms. The molecule has 1 saturated heterocycles. The summed E-state index contributed by atoms with van der Waals surface area (Å²) in [6.45, 7) is 5.51. The van der Waals surface area contributed by atoms with Crippen molar-refractivity contribution in [2.45, 2.75) is 33.1 Å². The number of hydrogen-bond acceptors (Lipinski definition) is 4. The van der Waals surface area contributed by atoms with Crippen molar-refractivity contribution < 1.29 is 4.79 Å². The van der Waals surface area contributed by atoms with Crippen LogP contribution in [0.1, 0.15) is 39.0 Å². The number of aromatic nitrogens is 3. The Morgan fingerprint density at radius 3 is 2.92 bits per heavy atom. The molecule has 1 aliphatic rings. The highest BCUT2D eigenvalue weighted by molar-refractivity contribution is 7.13. The van der Waals surface area contributed by atoms with E-state index in [1.165, 1.54) is 11.3 Å². The molecule has 1 amide bonds. The molecule has 6 heteroatoms. The zero-order valence-corrected chi connectivity index (χ0v) is 15.4. The van der Waals surface area contributed by atoms with Crippen LogP contribution in [0.25, 0.3) is 11.0 Å². The minimum atomic E-state index is 0.136. The van der Waals surface area contributed by atoms with Crippen molar-refractivity contribution >= 4 is 28.3 Å². The van der Waals surface area contributed by atoms with Gasteiger partial charge in [-0.15, -0.1) is 11.3 Å². The first-order valence-electron chi connectivity index (χ1n) is 8.77. The predicted molar refractivity (Wildman–Crippen MR) is 100 cm³/mol. The van der Waals surface area contributed by atoms with Crippen molar-refractivity contribution in [1.82, 2.24) is 19.9 Å². The van der Waals surface area contributed by atoms with Crippen molar-refractivity contribution in [3.63, 3.8) is 0 Å².